The van der Waals surface area contributed by atoms with Crippen LogP contribution < -0.4 is 10.1 Å². The van der Waals surface area contributed by atoms with Crippen LogP contribution >= 0.6 is 0 Å². The topological polar surface area (TPSA) is 68.3 Å². The van der Waals surface area contributed by atoms with Gasteiger partial charge in [-0.05, 0) is 68.8 Å². The predicted octanol–water partition coefficient (Wildman–Crippen LogP) is 3.17. The summed E-state index contributed by atoms with van der Waals surface area (Å²) >= 11 is 0. The number of likely N-dealkylation sites (tertiary alicyclic amines) is 1. The maximum absolute atomic E-state index is 14.5. The molecule has 2 fully saturated rings. The molecule has 1 amide bonds. The Morgan fingerprint density at radius 3 is 2.44 bits per heavy atom. The van der Waals surface area contributed by atoms with Crippen molar-refractivity contribution in [1.82, 2.24) is 20.0 Å². The Hall–Kier alpha value is -2.52. The second-order valence-corrected chi connectivity index (χ2v) is 11.0. The highest BCUT2D eigenvalue weighted by Gasteiger charge is 2.35. The molecular formula is C31H45FN4O3. The lowest BCUT2D eigenvalue weighted by atomic mass is 9.74. The zero-order valence-corrected chi connectivity index (χ0v) is 23.4. The molecule has 0 bridgehead atoms. The van der Waals surface area contributed by atoms with E-state index in [1.807, 2.05) is 17.9 Å². The van der Waals surface area contributed by atoms with Gasteiger partial charge in [-0.2, -0.15) is 0 Å². The highest BCUT2D eigenvalue weighted by atomic mass is 19.1. The number of nitrogens with zero attached hydrogens (tertiary/aromatic N) is 3. The Morgan fingerprint density at radius 1 is 1.00 bits per heavy atom. The maximum atomic E-state index is 14.5. The monoisotopic (exact) mass is 540 g/mol. The highest BCUT2D eigenvalue weighted by Crippen LogP contribution is 2.36. The molecule has 2 aliphatic rings. The van der Waals surface area contributed by atoms with E-state index in [2.05, 4.69) is 45.4 Å². The standard InChI is InChI=1S/C31H45FN4O3/c1-2-39-29-10-6-9-28(32)27(29)23-35-18-20-36(21-19-35)30(38)24-34-16-13-31(14-17-34,25-33-15-22-37)12-11-26-7-4-3-5-8-26/h3-10,33,37H,2,11-25H2,1H3. The number of halogens is 1. The van der Waals surface area contributed by atoms with Crippen molar-refractivity contribution in [2.75, 3.05) is 72.1 Å². The van der Waals surface area contributed by atoms with Crippen LogP contribution in [0.2, 0.25) is 0 Å². The Balaban J connectivity index is 1.24. The van der Waals surface area contributed by atoms with Crippen molar-refractivity contribution in [2.45, 2.75) is 39.2 Å². The van der Waals surface area contributed by atoms with Gasteiger partial charge in [0.2, 0.25) is 5.91 Å². The van der Waals surface area contributed by atoms with Crippen LogP contribution in [0.4, 0.5) is 4.39 Å². The van der Waals surface area contributed by atoms with E-state index in [0.29, 0.717) is 50.6 Å². The van der Waals surface area contributed by atoms with Gasteiger partial charge in [-0.3, -0.25) is 14.6 Å². The minimum absolute atomic E-state index is 0.149. The summed E-state index contributed by atoms with van der Waals surface area (Å²) in [5.41, 5.74) is 2.14. The Bertz CT molecular complexity index is 1020. The van der Waals surface area contributed by atoms with Crippen LogP contribution in [0.1, 0.15) is 37.3 Å². The molecule has 0 radical (unpaired) electrons. The quantitative estimate of drug-likeness (QED) is 0.381. The number of carbonyl (C=O) groups is 1. The number of hydrogen-bond donors (Lipinski definition) is 2. The van der Waals surface area contributed by atoms with E-state index in [9.17, 15) is 14.3 Å². The summed E-state index contributed by atoms with van der Waals surface area (Å²) in [6.45, 7) is 9.63. The molecule has 2 aliphatic heterocycles. The van der Waals surface area contributed by atoms with Gasteiger partial charge in [-0.15, -0.1) is 0 Å². The SMILES string of the molecule is CCOc1cccc(F)c1CN1CCN(C(=O)CN2CCC(CCc3ccccc3)(CNCCO)CC2)CC1. The summed E-state index contributed by atoms with van der Waals surface area (Å²) in [6, 6.07) is 15.6. The fraction of sp³-hybridized carbons (Fsp3) is 0.581. The molecule has 0 atom stereocenters. The van der Waals surface area contributed by atoms with Crippen LogP contribution in [0.25, 0.3) is 0 Å². The second kappa shape index (κ2) is 14.7. The van der Waals surface area contributed by atoms with Crippen LogP contribution in [-0.2, 0) is 17.8 Å². The average Bonchev–Trinajstić information content (AvgIpc) is 2.96. The van der Waals surface area contributed by atoms with Crippen LogP contribution in [0.3, 0.4) is 0 Å². The van der Waals surface area contributed by atoms with Gasteiger partial charge in [-0.1, -0.05) is 36.4 Å². The smallest absolute Gasteiger partial charge is 0.236 e. The summed E-state index contributed by atoms with van der Waals surface area (Å²) in [5, 5.41) is 12.7. The largest absolute Gasteiger partial charge is 0.493 e. The fourth-order valence-corrected chi connectivity index (χ4v) is 5.84. The van der Waals surface area contributed by atoms with Gasteiger partial charge >= 0.3 is 0 Å². The average molecular weight is 541 g/mol. The molecule has 4 rings (SSSR count). The number of rotatable bonds is 13. The second-order valence-electron chi connectivity index (χ2n) is 11.0. The number of amides is 1. The van der Waals surface area contributed by atoms with E-state index in [1.165, 1.54) is 11.6 Å². The van der Waals surface area contributed by atoms with Crippen molar-refractivity contribution < 1.29 is 19.0 Å². The van der Waals surface area contributed by atoms with Crippen molar-refractivity contribution in [3.63, 3.8) is 0 Å². The summed E-state index contributed by atoms with van der Waals surface area (Å²) in [7, 11) is 0. The predicted molar refractivity (Wildman–Crippen MR) is 152 cm³/mol. The number of hydrogen-bond acceptors (Lipinski definition) is 6. The van der Waals surface area contributed by atoms with Gasteiger partial charge in [0.25, 0.3) is 0 Å². The first-order valence-corrected chi connectivity index (χ1v) is 14.5. The molecule has 39 heavy (non-hydrogen) atoms. The van der Waals surface area contributed by atoms with Crippen LogP contribution in [-0.4, -0.2) is 97.8 Å². The van der Waals surface area contributed by atoms with Crippen LogP contribution in [0.5, 0.6) is 5.75 Å². The third-order valence-electron chi connectivity index (χ3n) is 8.33. The van der Waals surface area contributed by atoms with Crippen LogP contribution in [0.15, 0.2) is 48.5 Å². The van der Waals surface area contributed by atoms with Crippen molar-refractivity contribution in [3.05, 3.63) is 65.5 Å². The van der Waals surface area contributed by atoms with Crippen LogP contribution in [0, 0.1) is 11.2 Å². The van der Waals surface area contributed by atoms with Crippen molar-refractivity contribution in [3.8, 4) is 5.75 Å². The summed E-state index contributed by atoms with van der Waals surface area (Å²) in [5.74, 6) is 0.550. The summed E-state index contributed by atoms with van der Waals surface area (Å²) in [4.78, 5) is 19.6. The molecule has 0 aliphatic carbocycles. The lowest BCUT2D eigenvalue weighted by molar-refractivity contribution is -0.134. The van der Waals surface area contributed by atoms with Gasteiger partial charge in [0, 0.05) is 51.4 Å². The number of aryl methyl sites for hydroxylation is 1. The van der Waals surface area contributed by atoms with E-state index >= 15 is 0 Å². The molecular weight excluding hydrogens is 495 g/mol. The number of piperazine rings is 1. The van der Waals surface area contributed by atoms with Gasteiger partial charge in [-0.25, -0.2) is 4.39 Å². The fourth-order valence-electron chi connectivity index (χ4n) is 5.84. The zero-order valence-electron chi connectivity index (χ0n) is 23.4. The van der Waals surface area contributed by atoms with Gasteiger partial charge in [0.15, 0.2) is 0 Å². The first kappa shape index (κ1) is 29.5. The Labute approximate surface area is 232 Å². The molecule has 8 heteroatoms. The highest BCUT2D eigenvalue weighted by molar-refractivity contribution is 5.78. The molecule has 2 N–H and O–H groups in total. The van der Waals surface area contributed by atoms with E-state index in [4.69, 9.17) is 4.74 Å². The number of piperidine rings is 1. The van der Waals surface area contributed by atoms with Crippen molar-refractivity contribution >= 4 is 5.91 Å². The molecule has 2 aromatic carbocycles. The Morgan fingerprint density at radius 2 is 1.74 bits per heavy atom. The van der Waals surface area contributed by atoms with Gasteiger partial charge in [0.05, 0.1) is 19.8 Å². The minimum atomic E-state index is -0.240. The number of carbonyl (C=O) groups excluding carboxylic acids is 1. The lowest BCUT2D eigenvalue weighted by Crippen LogP contribution is -2.52. The molecule has 2 aromatic rings. The number of aliphatic hydroxyl groups excluding tert-OH is 1. The third-order valence-corrected chi connectivity index (χ3v) is 8.33. The zero-order chi connectivity index (χ0) is 27.5. The molecule has 0 spiro atoms. The summed E-state index contributed by atoms with van der Waals surface area (Å²) < 4.78 is 20.1. The minimum Gasteiger partial charge on any atom is -0.493 e. The normalized spacial score (nSPS) is 18.3. The first-order valence-electron chi connectivity index (χ1n) is 14.5. The third kappa shape index (κ3) is 8.48. The molecule has 0 aromatic heterocycles. The number of aliphatic hydroxyl groups is 1. The number of nitrogens with one attached hydrogen (secondary N) is 1. The number of benzene rings is 2. The molecule has 0 saturated carbocycles. The molecule has 2 saturated heterocycles. The van der Waals surface area contributed by atoms with E-state index < -0.39 is 0 Å². The summed E-state index contributed by atoms with van der Waals surface area (Å²) in [6.07, 6.45) is 4.24. The molecule has 7 nitrogen and oxygen atoms in total. The van der Waals surface area contributed by atoms with E-state index in [-0.39, 0.29) is 23.7 Å². The van der Waals surface area contributed by atoms with Gasteiger partial charge in [0.1, 0.15) is 11.6 Å². The number of ether oxygens (including phenoxy) is 1. The first-order chi connectivity index (χ1) is 19.0. The van der Waals surface area contributed by atoms with E-state index in [1.54, 1.807) is 6.07 Å². The molecule has 214 valence electrons. The lowest BCUT2D eigenvalue weighted by Gasteiger charge is -2.43. The van der Waals surface area contributed by atoms with Gasteiger partial charge < -0.3 is 20.1 Å². The van der Waals surface area contributed by atoms with Crippen molar-refractivity contribution in [1.29, 1.82) is 0 Å². The van der Waals surface area contributed by atoms with E-state index in [0.717, 1.165) is 58.4 Å². The van der Waals surface area contributed by atoms with Crippen molar-refractivity contribution in [2.24, 2.45) is 5.41 Å². The molecule has 2 heterocycles. The maximum Gasteiger partial charge on any atom is 0.236 e. The molecule has 0 unspecified atom stereocenters. The Kier molecular flexibility index (Phi) is 11.1.